The van der Waals surface area contributed by atoms with Crippen LogP contribution in [0, 0.1) is 0 Å². The van der Waals surface area contributed by atoms with Gasteiger partial charge in [0.25, 0.3) is 5.91 Å². The molecule has 1 amide bonds. The zero-order chi connectivity index (χ0) is 14.0. The molecule has 1 aromatic rings. The molecule has 2 rings (SSSR count). The normalized spacial score (nSPS) is 17.5. The molecule has 1 aliphatic heterocycles. The molecule has 1 aliphatic rings. The quantitative estimate of drug-likeness (QED) is 0.758. The lowest BCUT2D eigenvalue weighted by atomic mass is 10.3. The van der Waals surface area contributed by atoms with Crippen LogP contribution in [0.4, 0.5) is 0 Å². The molecule has 0 atom stereocenters. The van der Waals surface area contributed by atoms with Gasteiger partial charge in [-0.25, -0.2) is 18.4 Å². The van der Waals surface area contributed by atoms with Crippen molar-refractivity contribution < 1.29 is 13.2 Å². The first-order valence-electron chi connectivity index (χ1n) is 5.60. The standard InChI is InChI=1S/C10H13ClN4O3S/c1-19(17,18)15-4-2-14(3-5-15)10(16)8-6-13-9(11)7-12-8/h6-7H,2-5H2,1H3. The largest absolute Gasteiger partial charge is 0.335 e. The molecule has 104 valence electrons. The van der Waals surface area contributed by atoms with Crippen LogP contribution in [-0.4, -0.2) is 65.9 Å². The summed E-state index contributed by atoms with van der Waals surface area (Å²) in [5.74, 6) is -0.266. The topological polar surface area (TPSA) is 83.5 Å². The summed E-state index contributed by atoms with van der Waals surface area (Å²) < 4.78 is 24.1. The fourth-order valence-electron chi connectivity index (χ4n) is 1.81. The van der Waals surface area contributed by atoms with Crippen LogP contribution in [-0.2, 0) is 10.0 Å². The number of aromatic nitrogens is 2. The number of nitrogens with zero attached hydrogens (tertiary/aromatic N) is 4. The lowest BCUT2D eigenvalue weighted by Gasteiger charge is -2.32. The van der Waals surface area contributed by atoms with Gasteiger partial charge in [0.15, 0.2) is 0 Å². The molecule has 0 radical (unpaired) electrons. The van der Waals surface area contributed by atoms with E-state index in [1.165, 1.54) is 16.7 Å². The van der Waals surface area contributed by atoms with Crippen molar-refractivity contribution in [2.24, 2.45) is 0 Å². The molecule has 2 heterocycles. The predicted octanol–water partition coefficient (Wildman–Crippen LogP) is -0.153. The molecule has 0 saturated carbocycles. The summed E-state index contributed by atoms with van der Waals surface area (Å²) in [7, 11) is -3.20. The Morgan fingerprint density at radius 3 is 2.32 bits per heavy atom. The van der Waals surface area contributed by atoms with Crippen LogP contribution in [0.2, 0.25) is 5.15 Å². The molecular weight excluding hydrogens is 292 g/mol. The number of halogens is 1. The van der Waals surface area contributed by atoms with Gasteiger partial charge in [-0.05, 0) is 0 Å². The molecule has 7 nitrogen and oxygen atoms in total. The Morgan fingerprint density at radius 2 is 1.84 bits per heavy atom. The first-order valence-corrected chi connectivity index (χ1v) is 7.82. The van der Waals surface area contributed by atoms with Crippen molar-refractivity contribution in [3.05, 3.63) is 23.2 Å². The summed E-state index contributed by atoms with van der Waals surface area (Å²) in [4.78, 5) is 21.3. The van der Waals surface area contributed by atoms with Crippen molar-refractivity contribution in [1.82, 2.24) is 19.2 Å². The molecule has 0 aliphatic carbocycles. The van der Waals surface area contributed by atoms with Crippen LogP contribution >= 0.6 is 11.6 Å². The van der Waals surface area contributed by atoms with Crippen molar-refractivity contribution in [3.63, 3.8) is 0 Å². The van der Waals surface area contributed by atoms with E-state index in [2.05, 4.69) is 9.97 Å². The van der Waals surface area contributed by atoms with E-state index >= 15 is 0 Å². The van der Waals surface area contributed by atoms with Crippen LogP contribution < -0.4 is 0 Å². The Bertz CT molecular complexity index is 567. The van der Waals surface area contributed by atoms with Gasteiger partial charge < -0.3 is 4.90 Å². The number of amides is 1. The van der Waals surface area contributed by atoms with E-state index in [1.54, 1.807) is 4.90 Å². The Morgan fingerprint density at radius 1 is 1.21 bits per heavy atom. The third-order valence-electron chi connectivity index (χ3n) is 2.83. The molecule has 0 aromatic carbocycles. The second-order valence-electron chi connectivity index (χ2n) is 4.18. The zero-order valence-corrected chi connectivity index (χ0v) is 11.9. The second kappa shape index (κ2) is 5.40. The van der Waals surface area contributed by atoms with Gasteiger partial charge in [-0.15, -0.1) is 0 Å². The van der Waals surface area contributed by atoms with Gasteiger partial charge in [0.1, 0.15) is 10.8 Å². The maximum Gasteiger partial charge on any atom is 0.274 e. The molecule has 0 bridgehead atoms. The third kappa shape index (κ3) is 3.40. The molecule has 1 saturated heterocycles. The molecular formula is C10H13ClN4O3S. The van der Waals surface area contributed by atoms with E-state index in [1.807, 2.05) is 0 Å². The van der Waals surface area contributed by atoms with E-state index < -0.39 is 10.0 Å². The zero-order valence-electron chi connectivity index (χ0n) is 10.3. The van der Waals surface area contributed by atoms with E-state index in [0.29, 0.717) is 26.2 Å². The first-order chi connectivity index (χ1) is 8.88. The number of hydrogen-bond acceptors (Lipinski definition) is 5. The highest BCUT2D eigenvalue weighted by atomic mass is 35.5. The van der Waals surface area contributed by atoms with Gasteiger partial charge in [0.05, 0.1) is 18.6 Å². The van der Waals surface area contributed by atoms with Crippen molar-refractivity contribution in [2.75, 3.05) is 32.4 Å². The van der Waals surface area contributed by atoms with E-state index in [0.717, 1.165) is 6.26 Å². The number of piperazine rings is 1. The fraction of sp³-hybridized carbons (Fsp3) is 0.500. The van der Waals surface area contributed by atoms with Crippen molar-refractivity contribution in [3.8, 4) is 0 Å². The molecule has 0 N–H and O–H groups in total. The van der Waals surface area contributed by atoms with Gasteiger partial charge in [-0.2, -0.15) is 4.31 Å². The monoisotopic (exact) mass is 304 g/mol. The summed E-state index contributed by atoms with van der Waals surface area (Å²) in [6, 6.07) is 0. The minimum absolute atomic E-state index is 0.206. The Hall–Kier alpha value is -1.25. The van der Waals surface area contributed by atoms with E-state index in [9.17, 15) is 13.2 Å². The number of hydrogen-bond donors (Lipinski definition) is 0. The number of sulfonamides is 1. The fourth-order valence-corrected chi connectivity index (χ4v) is 2.73. The highest BCUT2D eigenvalue weighted by molar-refractivity contribution is 7.88. The molecule has 1 aromatic heterocycles. The smallest absolute Gasteiger partial charge is 0.274 e. The number of carbonyl (C=O) groups is 1. The van der Waals surface area contributed by atoms with Gasteiger partial charge in [0.2, 0.25) is 10.0 Å². The number of carbonyl (C=O) groups excluding carboxylic acids is 1. The van der Waals surface area contributed by atoms with Gasteiger partial charge in [-0.1, -0.05) is 11.6 Å². The molecule has 0 spiro atoms. The summed E-state index contributed by atoms with van der Waals surface area (Å²) in [6.07, 6.45) is 3.78. The first kappa shape index (κ1) is 14.2. The van der Waals surface area contributed by atoms with E-state index in [-0.39, 0.29) is 16.8 Å². The maximum absolute atomic E-state index is 12.1. The summed E-state index contributed by atoms with van der Waals surface area (Å²) in [5, 5.41) is 0.221. The SMILES string of the molecule is CS(=O)(=O)N1CCN(C(=O)c2cnc(Cl)cn2)CC1. The van der Waals surface area contributed by atoms with Crippen LogP contribution in [0.1, 0.15) is 10.5 Å². The van der Waals surface area contributed by atoms with Crippen molar-refractivity contribution >= 4 is 27.5 Å². The van der Waals surface area contributed by atoms with Crippen molar-refractivity contribution in [2.45, 2.75) is 0 Å². The number of rotatable bonds is 2. The molecule has 9 heteroatoms. The second-order valence-corrected chi connectivity index (χ2v) is 6.55. The minimum Gasteiger partial charge on any atom is -0.335 e. The molecule has 1 fully saturated rings. The predicted molar refractivity (Wildman–Crippen MR) is 69.4 cm³/mol. The van der Waals surface area contributed by atoms with Gasteiger partial charge in [0, 0.05) is 26.2 Å². The van der Waals surface area contributed by atoms with E-state index in [4.69, 9.17) is 11.6 Å². The summed E-state index contributed by atoms with van der Waals surface area (Å²) in [5.41, 5.74) is 0.206. The summed E-state index contributed by atoms with van der Waals surface area (Å²) >= 11 is 5.60. The lowest BCUT2D eigenvalue weighted by molar-refractivity contribution is 0.0692. The van der Waals surface area contributed by atoms with Crippen LogP contribution in [0.5, 0.6) is 0 Å². The average Bonchev–Trinajstić information content (AvgIpc) is 2.38. The molecule has 19 heavy (non-hydrogen) atoms. The van der Waals surface area contributed by atoms with Crippen LogP contribution in [0.25, 0.3) is 0 Å². The Kier molecular flexibility index (Phi) is 4.02. The minimum atomic E-state index is -3.20. The third-order valence-corrected chi connectivity index (χ3v) is 4.33. The highest BCUT2D eigenvalue weighted by Gasteiger charge is 2.27. The Balaban J connectivity index is 2.02. The Labute approximate surface area is 116 Å². The highest BCUT2D eigenvalue weighted by Crippen LogP contribution is 2.10. The van der Waals surface area contributed by atoms with Crippen molar-refractivity contribution in [1.29, 1.82) is 0 Å². The lowest BCUT2D eigenvalue weighted by Crippen LogP contribution is -2.50. The average molecular weight is 305 g/mol. The maximum atomic E-state index is 12.1. The van der Waals surface area contributed by atoms with Crippen LogP contribution in [0.15, 0.2) is 12.4 Å². The van der Waals surface area contributed by atoms with Gasteiger partial charge in [-0.3, -0.25) is 4.79 Å². The van der Waals surface area contributed by atoms with Gasteiger partial charge >= 0.3 is 0 Å². The molecule has 0 unspecified atom stereocenters. The summed E-state index contributed by atoms with van der Waals surface area (Å²) in [6.45, 7) is 1.28. The van der Waals surface area contributed by atoms with Crippen LogP contribution in [0.3, 0.4) is 0 Å².